The Balaban J connectivity index is 1.75. The maximum Gasteiger partial charge on any atom is 0.242 e. The fourth-order valence-electron chi connectivity index (χ4n) is 2.71. The maximum atomic E-state index is 12.2. The minimum absolute atomic E-state index is 0.00297. The monoisotopic (exact) mass is 368 g/mol. The van der Waals surface area contributed by atoms with Crippen LogP contribution in [0.1, 0.15) is 6.42 Å². The van der Waals surface area contributed by atoms with Crippen molar-refractivity contribution in [3.63, 3.8) is 0 Å². The molecular formula is C17H25ClN4O3. The Morgan fingerprint density at radius 2 is 2.04 bits per heavy atom. The summed E-state index contributed by atoms with van der Waals surface area (Å²) in [6.45, 7) is 2.97. The summed E-state index contributed by atoms with van der Waals surface area (Å²) in [5.74, 6) is -0.316. The summed E-state index contributed by atoms with van der Waals surface area (Å²) in [6.07, 6.45) is -0.167. The summed E-state index contributed by atoms with van der Waals surface area (Å²) in [5, 5.41) is 3.33. The minimum Gasteiger partial charge on any atom is -0.380 e. The number of amides is 2. The molecule has 1 aromatic rings. The topological polar surface area (TPSA) is 87.9 Å². The quantitative estimate of drug-likeness (QED) is 0.730. The van der Waals surface area contributed by atoms with Crippen molar-refractivity contribution in [3.8, 4) is 0 Å². The van der Waals surface area contributed by atoms with Gasteiger partial charge in [0.15, 0.2) is 0 Å². The van der Waals surface area contributed by atoms with Crippen molar-refractivity contribution in [1.29, 1.82) is 0 Å². The molecule has 1 atom stereocenters. The second-order valence-electron chi connectivity index (χ2n) is 5.92. The van der Waals surface area contributed by atoms with Crippen molar-refractivity contribution in [2.45, 2.75) is 12.5 Å². The molecule has 2 rings (SSSR count). The van der Waals surface area contributed by atoms with E-state index in [1.807, 2.05) is 24.3 Å². The number of carbonyl (C=O) groups excluding carboxylic acids is 2. The van der Waals surface area contributed by atoms with E-state index in [4.69, 9.17) is 22.1 Å². The Labute approximate surface area is 153 Å². The molecule has 1 fully saturated rings. The number of carbonyl (C=O) groups is 2. The average molecular weight is 369 g/mol. The standard InChI is InChI=1S/C17H25ClN4O3/c1-25-15(11-19)10-16(23)20-12-17(24)22-7-5-21(6-8-22)14-4-2-3-13(18)9-14/h2-4,9,15H,5-8,10-12,19H2,1H3,(H,20,23). The van der Waals surface area contributed by atoms with E-state index >= 15 is 0 Å². The zero-order valence-corrected chi connectivity index (χ0v) is 15.2. The first-order valence-corrected chi connectivity index (χ1v) is 8.69. The Kier molecular flexibility index (Phi) is 7.49. The van der Waals surface area contributed by atoms with Crippen LogP contribution in [0.25, 0.3) is 0 Å². The van der Waals surface area contributed by atoms with Crippen LogP contribution in [0.2, 0.25) is 5.02 Å². The van der Waals surface area contributed by atoms with E-state index < -0.39 is 0 Å². The summed E-state index contributed by atoms with van der Waals surface area (Å²) in [7, 11) is 1.51. The predicted molar refractivity (Wildman–Crippen MR) is 97.7 cm³/mol. The Morgan fingerprint density at radius 3 is 2.64 bits per heavy atom. The van der Waals surface area contributed by atoms with E-state index in [2.05, 4.69) is 10.2 Å². The van der Waals surface area contributed by atoms with Gasteiger partial charge in [-0.05, 0) is 18.2 Å². The first-order valence-electron chi connectivity index (χ1n) is 8.31. The van der Waals surface area contributed by atoms with Gasteiger partial charge < -0.3 is 25.6 Å². The fourth-order valence-corrected chi connectivity index (χ4v) is 2.90. The van der Waals surface area contributed by atoms with E-state index in [0.717, 1.165) is 18.8 Å². The van der Waals surface area contributed by atoms with Crippen molar-refractivity contribution in [3.05, 3.63) is 29.3 Å². The summed E-state index contributed by atoms with van der Waals surface area (Å²) >= 11 is 6.02. The molecule has 0 bridgehead atoms. The Morgan fingerprint density at radius 1 is 1.32 bits per heavy atom. The second-order valence-corrected chi connectivity index (χ2v) is 6.36. The molecule has 0 aromatic heterocycles. The van der Waals surface area contributed by atoms with Gasteiger partial charge in [-0.1, -0.05) is 17.7 Å². The molecule has 0 spiro atoms. The van der Waals surface area contributed by atoms with Gasteiger partial charge in [0.05, 0.1) is 19.1 Å². The van der Waals surface area contributed by atoms with Crippen LogP contribution in [0.3, 0.4) is 0 Å². The van der Waals surface area contributed by atoms with Crippen molar-refractivity contribution >= 4 is 29.1 Å². The number of hydrogen-bond donors (Lipinski definition) is 2. The SMILES string of the molecule is COC(CN)CC(=O)NCC(=O)N1CCN(c2cccc(Cl)c2)CC1. The van der Waals surface area contributed by atoms with Gasteiger partial charge >= 0.3 is 0 Å². The zero-order valence-electron chi connectivity index (χ0n) is 14.4. The molecule has 2 amide bonds. The highest BCUT2D eigenvalue weighted by molar-refractivity contribution is 6.30. The highest BCUT2D eigenvalue weighted by atomic mass is 35.5. The highest BCUT2D eigenvalue weighted by Crippen LogP contribution is 2.20. The first kappa shape index (κ1) is 19.5. The minimum atomic E-state index is -0.323. The molecule has 0 aliphatic carbocycles. The molecule has 1 aromatic carbocycles. The number of nitrogens with zero attached hydrogens (tertiary/aromatic N) is 2. The number of hydrogen-bond acceptors (Lipinski definition) is 5. The lowest BCUT2D eigenvalue weighted by Crippen LogP contribution is -2.51. The van der Waals surface area contributed by atoms with Gasteiger partial charge in [0.1, 0.15) is 0 Å². The van der Waals surface area contributed by atoms with Crippen LogP contribution < -0.4 is 16.0 Å². The van der Waals surface area contributed by atoms with Gasteiger partial charge in [0.25, 0.3) is 0 Å². The van der Waals surface area contributed by atoms with E-state index in [1.165, 1.54) is 7.11 Å². The van der Waals surface area contributed by atoms with Gasteiger partial charge in [0, 0.05) is 50.5 Å². The van der Waals surface area contributed by atoms with Crippen LogP contribution in [0.5, 0.6) is 0 Å². The highest BCUT2D eigenvalue weighted by Gasteiger charge is 2.22. The number of benzene rings is 1. The second kappa shape index (κ2) is 9.60. The zero-order chi connectivity index (χ0) is 18.2. The molecular weight excluding hydrogens is 344 g/mol. The van der Waals surface area contributed by atoms with Crippen molar-refractivity contribution < 1.29 is 14.3 Å². The first-order chi connectivity index (χ1) is 12.0. The predicted octanol–water partition coefficient (Wildman–Crippen LogP) is 0.469. The van der Waals surface area contributed by atoms with E-state index in [-0.39, 0.29) is 37.4 Å². The number of piperazine rings is 1. The molecule has 0 saturated carbocycles. The van der Waals surface area contributed by atoms with Gasteiger partial charge in [-0.25, -0.2) is 0 Å². The van der Waals surface area contributed by atoms with Crippen LogP contribution in [0.4, 0.5) is 5.69 Å². The van der Waals surface area contributed by atoms with Gasteiger partial charge in [-0.2, -0.15) is 0 Å². The van der Waals surface area contributed by atoms with Crippen molar-refractivity contribution in [2.24, 2.45) is 5.73 Å². The number of halogens is 1. The molecule has 8 heteroatoms. The number of nitrogens with one attached hydrogen (secondary N) is 1. The molecule has 1 unspecified atom stereocenters. The normalized spacial score (nSPS) is 15.8. The lowest BCUT2D eigenvalue weighted by atomic mass is 10.2. The van der Waals surface area contributed by atoms with Crippen LogP contribution in [0.15, 0.2) is 24.3 Å². The Bertz CT molecular complexity index is 587. The summed E-state index contributed by atoms with van der Waals surface area (Å²) in [6, 6.07) is 7.68. The van der Waals surface area contributed by atoms with Crippen LogP contribution in [0, 0.1) is 0 Å². The number of methoxy groups -OCH3 is 1. The van der Waals surface area contributed by atoms with Crippen LogP contribution in [-0.2, 0) is 14.3 Å². The number of anilines is 1. The smallest absolute Gasteiger partial charge is 0.242 e. The molecule has 1 saturated heterocycles. The van der Waals surface area contributed by atoms with E-state index in [0.29, 0.717) is 18.1 Å². The van der Waals surface area contributed by atoms with E-state index in [1.54, 1.807) is 4.90 Å². The summed E-state index contributed by atoms with van der Waals surface area (Å²) in [4.78, 5) is 28.0. The largest absolute Gasteiger partial charge is 0.380 e. The molecule has 1 aliphatic heterocycles. The van der Waals surface area contributed by atoms with Crippen LogP contribution in [-0.4, -0.2) is 69.2 Å². The molecule has 7 nitrogen and oxygen atoms in total. The number of nitrogens with two attached hydrogens (primary N) is 1. The number of rotatable bonds is 7. The molecule has 3 N–H and O–H groups in total. The molecule has 0 radical (unpaired) electrons. The third-order valence-corrected chi connectivity index (χ3v) is 4.49. The maximum absolute atomic E-state index is 12.2. The van der Waals surface area contributed by atoms with Gasteiger partial charge in [0.2, 0.25) is 11.8 Å². The fraction of sp³-hybridized carbons (Fsp3) is 0.529. The molecule has 25 heavy (non-hydrogen) atoms. The van der Waals surface area contributed by atoms with Gasteiger partial charge in [-0.3, -0.25) is 9.59 Å². The molecule has 1 aliphatic rings. The van der Waals surface area contributed by atoms with Crippen LogP contribution >= 0.6 is 11.6 Å². The summed E-state index contributed by atoms with van der Waals surface area (Å²) in [5.41, 5.74) is 6.54. The Hall–Kier alpha value is -1.83. The lowest BCUT2D eigenvalue weighted by Gasteiger charge is -2.36. The third kappa shape index (κ3) is 5.88. The molecule has 138 valence electrons. The third-order valence-electron chi connectivity index (χ3n) is 4.25. The van der Waals surface area contributed by atoms with Gasteiger partial charge in [-0.15, -0.1) is 0 Å². The van der Waals surface area contributed by atoms with Crippen molar-refractivity contribution in [2.75, 3.05) is 51.3 Å². The lowest BCUT2D eigenvalue weighted by molar-refractivity contribution is -0.133. The summed E-state index contributed by atoms with van der Waals surface area (Å²) < 4.78 is 5.06. The van der Waals surface area contributed by atoms with E-state index in [9.17, 15) is 9.59 Å². The van der Waals surface area contributed by atoms with Crippen molar-refractivity contribution in [1.82, 2.24) is 10.2 Å². The molecule has 1 heterocycles. The number of ether oxygens (including phenoxy) is 1. The average Bonchev–Trinajstić information content (AvgIpc) is 2.64.